The maximum absolute atomic E-state index is 13.4. The number of carbonyl (C=O) groups is 2. The molecule has 17 heavy (non-hydrogen) atoms. The van der Waals surface area contributed by atoms with E-state index in [4.69, 9.17) is 5.11 Å². The number of amides is 1. The van der Waals surface area contributed by atoms with Crippen LogP contribution in [-0.2, 0) is 9.59 Å². The summed E-state index contributed by atoms with van der Waals surface area (Å²) >= 11 is 0. The lowest BCUT2D eigenvalue weighted by Crippen LogP contribution is -2.30. The Morgan fingerprint density at radius 3 is 2.65 bits per heavy atom. The van der Waals surface area contributed by atoms with Crippen molar-refractivity contribution >= 4 is 11.9 Å². The third kappa shape index (κ3) is 4.22. The van der Waals surface area contributed by atoms with E-state index in [9.17, 15) is 14.0 Å². The molecular weight excluding hydrogens is 225 g/mol. The Morgan fingerprint density at radius 2 is 2.06 bits per heavy atom. The molecule has 0 fully saturated rings. The second kappa shape index (κ2) is 5.98. The van der Waals surface area contributed by atoms with Crippen molar-refractivity contribution in [3.8, 4) is 0 Å². The van der Waals surface area contributed by atoms with Crippen LogP contribution in [-0.4, -0.2) is 23.5 Å². The molecule has 1 rings (SSSR count). The lowest BCUT2D eigenvalue weighted by molar-refractivity contribution is -0.138. The van der Waals surface area contributed by atoms with Crippen LogP contribution < -0.4 is 5.32 Å². The quantitative estimate of drug-likeness (QED) is 0.818. The van der Waals surface area contributed by atoms with E-state index in [1.165, 1.54) is 6.07 Å². The van der Waals surface area contributed by atoms with E-state index in [-0.39, 0.29) is 18.2 Å². The summed E-state index contributed by atoms with van der Waals surface area (Å²) in [6.07, 6.45) is 0.0637. The monoisotopic (exact) mass is 239 g/mol. The Balaban J connectivity index is 2.55. The highest BCUT2D eigenvalue weighted by molar-refractivity contribution is 5.81. The summed E-state index contributed by atoms with van der Waals surface area (Å²) in [6, 6.07) is 6.23. The standard InChI is InChI=1S/C12H14FNO3/c1-8(6-11(15)14-7-12(16)17)9-4-2-3-5-10(9)13/h2-5,8H,6-7H2,1H3,(H,14,15)(H,16,17). The van der Waals surface area contributed by atoms with Crippen LogP contribution in [0, 0.1) is 5.82 Å². The molecule has 0 spiro atoms. The highest BCUT2D eigenvalue weighted by atomic mass is 19.1. The molecule has 0 saturated carbocycles. The molecular formula is C12H14FNO3. The summed E-state index contributed by atoms with van der Waals surface area (Å²) in [4.78, 5) is 21.6. The van der Waals surface area contributed by atoms with E-state index < -0.39 is 18.4 Å². The number of aliphatic carboxylic acids is 1. The predicted molar refractivity (Wildman–Crippen MR) is 60.1 cm³/mol. The third-order valence-electron chi connectivity index (χ3n) is 2.36. The summed E-state index contributed by atoms with van der Waals surface area (Å²) in [5.74, 6) is -2.14. The van der Waals surface area contributed by atoms with Crippen LogP contribution in [0.25, 0.3) is 0 Å². The molecule has 1 amide bonds. The average molecular weight is 239 g/mol. The fraction of sp³-hybridized carbons (Fsp3) is 0.333. The van der Waals surface area contributed by atoms with Crippen molar-refractivity contribution in [2.75, 3.05) is 6.54 Å². The van der Waals surface area contributed by atoms with Crippen LogP contribution in [0.4, 0.5) is 4.39 Å². The van der Waals surface area contributed by atoms with Crippen molar-refractivity contribution in [2.24, 2.45) is 0 Å². The molecule has 92 valence electrons. The second-order valence-electron chi connectivity index (χ2n) is 3.80. The van der Waals surface area contributed by atoms with Crippen molar-refractivity contribution in [3.63, 3.8) is 0 Å². The first kappa shape index (κ1) is 13.2. The van der Waals surface area contributed by atoms with Gasteiger partial charge in [0, 0.05) is 6.42 Å². The average Bonchev–Trinajstić information content (AvgIpc) is 2.26. The number of hydrogen-bond acceptors (Lipinski definition) is 2. The van der Waals surface area contributed by atoms with E-state index in [0.29, 0.717) is 5.56 Å². The van der Waals surface area contributed by atoms with E-state index in [0.717, 1.165) is 0 Å². The third-order valence-corrected chi connectivity index (χ3v) is 2.36. The fourth-order valence-electron chi connectivity index (χ4n) is 1.51. The zero-order valence-electron chi connectivity index (χ0n) is 9.44. The van der Waals surface area contributed by atoms with Gasteiger partial charge in [0.15, 0.2) is 0 Å². The number of carbonyl (C=O) groups excluding carboxylic acids is 1. The maximum atomic E-state index is 13.4. The van der Waals surface area contributed by atoms with E-state index in [2.05, 4.69) is 5.32 Å². The van der Waals surface area contributed by atoms with Crippen molar-refractivity contribution in [2.45, 2.75) is 19.3 Å². The van der Waals surface area contributed by atoms with Crippen LogP contribution in [0.3, 0.4) is 0 Å². The lowest BCUT2D eigenvalue weighted by atomic mass is 9.97. The largest absolute Gasteiger partial charge is 0.480 e. The van der Waals surface area contributed by atoms with Gasteiger partial charge >= 0.3 is 5.97 Å². The van der Waals surface area contributed by atoms with Gasteiger partial charge in [-0.15, -0.1) is 0 Å². The number of halogens is 1. The van der Waals surface area contributed by atoms with Gasteiger partial charge in [-0.1, -0.05) is 25.1 Å². The topological polar surface area (TPSA) is 66.4 Å². The van der Waals surface area contributed by atoms with Crippen LogP contribution >= 0.6 is 0 Å². The number of carboxylic acids is 1. The van der Waals surface area contributed by atoms with Crippen LogP contribution in [0.1, 0.15) is 24.8 Å². The Bertz CT molecular complexity index is 420. The van der Waals surface area contributed by atoms with Gasteiger partial charge in [-0.3, -0.25) is 9.59 Å². The predicted octanol–water partition coefficient (Wildman–Crippen LogP) is 1.52. The van der Waals surface area contributed by atoms with Crippen molar-refractivity contribution < 1.29 is 19.1 Å². The van der Waals surface area contributed by atoms with E-state index in [1.807, 2.05) is 0 Å². The minimum Gasteiger partial charge on any atom is -0.480 e. The van der Waals surface area contributed by atoms with Gasteiger partial charge < -0.3 is 10.4 Å². The number of hydrogen-bond donors (Lipinski definition) is 2. The first-order valence-electron chi connectivity index (χ1n) is 5.23. The molecule has 0 saturated heterocycles. The highest BCUT2D eigenvalue weighted by Gasteiger charge is 2.14. The molecule has 5 heteroatoms. The molecule has 0 aliphatic carbocycles. The molecule has 0 aliphatic heterocycles. The van der Waals surface area contributed by atoms with Gasteiger partial charge in [0.25, 0.3) is 0 Å². The van der Waals surface area contributed by atoms with Gasteiger partial charge in [0.1, 0.15) is 12.4 Å². The molecule has 2 N–H and O–H groups in total. The molecule has 4 nitrogen and oxygen atoms in total. The molecule has 0 aliphatic rings. The second-order valence-corrected chi connectivity index (χ2v) is 3.80. The minimum absolute atomic E-state index is 0.0637. The van der Waals surface area contributed by atoms with Gasteiger partial charge in [0.2, 0.25) is 5.91 Å². The zero-order valence-corrected chi connectivity index (χ0v) is 9.44. The van der Waals surface area contributed by atoms with Gasteiger partial charge in [-0.05, 0) is 17.5 Å². The fourth-order valence-corrected chi connectivity index (χ4v) is 1.51. The summed E-state index contributed by atoms with van der Waals surface area (Å²) in [6.45, 7) is 1.31. The number of rotatable bonds is 5. The molecule has 0 bridgehead atoms. The zero-order chi connectivity index (χ0) is 12.8. The molecule has 1 atom stereocenters. The first-order chi connectivity index (χ1) is 8.00. The lowest BCUT2D eigenvalue weighted by Gasteiger charge is -2.12. The van der Waals surface area contributed by atoms with Gasteiger partial charge in [0.05, 0.1) is 0 Å². The maximum Gasteiger partial charge on any atom is 0.322 e. The molecule has 1 aromatic rings. The Kier molecular flexibility index (Phi) is 4.63. The molecule has 1 aromatic carbocycles. The summed E-state index contributed by atoms with van der Waals surface area (Å²) in [7, 11) is 0. The molecule has 0 radical (unpaired) electrons. The Hall–Kier alpha value is -1.91. The van der Waals surface area contributed by atoms with Crippen molar-refractivity contribution in [1.82, 2.24) is 5.32 Å². The van der Waals surface area contributed by atoms with Crippen molar-refractivity contribution in [3.05, 3.63) is 35.6 Å². The summed E-state index contributed by atoms with van der Waals surface area (Å²) in [5.41, 5.74) is 0.456. The van der Waals surface area contributed by atoms with E-state index >= 15 is 0 Å². The number of nitrogens with one attached hydrogen (secondary N) is 1. The van der Waals surface area contributed by atoms with Crippen LogP contribution in [0.5, 0.6) is 0 Å². The normalized spacial score (nSPS) is 11.9. The SMILES string of the molecule is CC(CC(=O)NCC(=O)O)c1ccccc1F. The molecule has 0 heterocycles. The smallest absolute Gasteiger partial charge is 0.322 e. The number of carboxylic acid groups (broad SMARTS) is 1. The van der Waals surface area contributed by atoms with Gasteiger partial charge in [-0.2, -0.15) is 0 Å². The summed E-state index contributed by atoms with van der Waals surface area (Å²) in [5, 5.41) is 10.6. The van der Waals surface area contributed by atoms with Gasteiger partial charge in [-0.25, -0.2) is 4.39 Å². The highest BCUT2D eigenvalue weighted by Crippen LogP contribution is 2.21. The minimum atomic E-state index is -1.10. The number of benzene rings is 1. The Morgan fingerprint density at radius 1 is 1.41 bits per heavy atom. The van der Waals surface area contributed by atoms with Crippen LogP contribution in [0.2, 0.25) is 0 Å². The van der Waals surface area contributed by atoms with E-state index in [1.54, 1.807) is 25.1 Å². The molecule has 0 aromatic heterocycles. The van der Waals surface area contributed by atoms with Crippen molar-refractivity contribution in [1.29, 1.82) is 0 Å². The summed E-state index contributed by atoms with van der Waals surface area (Å²) < 4.78 is 13.4. The first-order valence-corrected chi connectivity index (χ1v) is 5.23. The van der Waals surface area contributed by atoms with Crippen LogP contribution in [0.15, 0.2) is 24.3 Å². The Labute approximate surface area is 98.5 Å². The molecule has 1 unspecified atom stereocenters.